The molecule has 0 aromatic carbocycles. The van der Waals surface area contributed by atoms with E-state index in [1.807, 2.05) is 20.8 Å². The lowest BCUT2D eigenvalue weighted by molar-refractivity contribution is -0.138. The van der Waals surface area contributed by atoms with Crippen molar-refractivity contribution in [2.24, 2.45) is 5.92 Å². The van der Waals surface area contributed by atoms with Crippen molar-refractivity contribution in [2.75, 3.05) is 0 Å². The predicted octanol–water partition coefficient (Wildman–Crippen LogP) is 0.709. The molecule has 1 aromatic heterocycles. The Kier molecular flexibility index (Phi) is 5.02. The van der Waals surface area contributed by atoms with Crippen molar-refractivity contribution >= 4 is 5.97 Å². The standard InChI is InChI=1S/C10H18N4O3/c1-7(2)17-6-9-11-12-13-14(9)5-8(3)4-10(15)16/h7-8H,4-6H2,1-3H3,(H,15,16). The number of carboxylic acid groups (broad SMARTS) is 1. The van der Waals surface area contributed by atoms with Gasteiger partial charge in [0.2, 0.25) is 0 Å². The third kappa shape index (κ3) is 4.90. The molecule has 0 aliphatic rings. The summed E-state index contributed by atoms with van der Waals surface area (Å²) in [5.41, 5.74) is 0. The Morgan fingerprint density at radius 3 is 2.76 bits per heavy atom. The van der Waals surface area contributed by atoms with Crippen molar-refractivity contribution in [3.8, 4) is 0 Å². The number of carboxylic acids is 1. The van der Waals surface area contributed by atoms with Gasteiger partial charge >= 0.3 is 5.97 Å². The van der Waals surface area contributed by atoms with Gasteiger partial charge in [-0.3, -0.25) is 4.79 Å². The molecule has 0 aliphatic carbocycles. The highest BCUT2D eigenvalue weighted by Crippen LogP contribution is 2.07. The average molecular weight is 242 g/mol. The van der Waals surface area contributed by atoms with Crippen molar-refractivity contribution in [1.29, 1.82) is 0 Å². The number of ether oxygens (including phenoxy) is 1. The number of aliphatic carboxylic acids is 1. The summed E-state index contributed by atoms with van der Waals surface area (Å²) in [4.78, 5) is 10.6. The van der Waals surface area contributed by atoms with E-state index in [0.29, 0.717) is 19.0 Å². The van der Waals surface area contributed by atoms with Crippen LogP contribution in [0.15, 0.2) is 0 Å². The van der Waals surface area contributed by atoms with E-state index in [1.54, 1.807) is 4.68 Å². The minimum atomic E-state index is -0.814. The molecule has 0 saturated heterocycles. The van der Waals surface area contributed by atoms with E-state index < -0.39 is 5.97 Å². The maximum absolute atomic E-state index is 10.6. The Morgan fingerprint density at radius 1 is 1.47 bits per heavy atom. The Bertz CT molecular complexity index is 364. The number of rotatable bonds is 7. The molecule has 0 spiro atoms. The summed E-state index contributed by atoms with van der Waals surface area (Å²) in [6.45, 7) is 6.53. The SMILES string of the molecule is CC(CC(=O)O)Cn1nnnc1COC(C)C. The maximum atomic E-state index is 10.6. The molecule has 1 N–H and O–H groups in total. The van der Waals surface area contributed by atoms with E-state index in [0.717, 1.165) is 0 Å². The van der Waals surface area contributed by atoms with Crippen LogP contribution in [0.5, 0.6) is 0 Å². The summed E-state index contributed by atoms with van der Waals surface area (Å²) >= 11 is 0. The molecule has 96 valence electrons. The second-order valence-corrected chi connectivity index (χ2v) is 4.34. The number of nitrogens with zero attached hydrogens (tertiary/aromatic N) is 4. The molecule has 7 heteroatoms. The fraction of sp³-hybridized carbons (Fsp3) is 0.800. The zero-order valence-electron chi connectivity index (χ0n) is 10.3. The van der Waals surface area contributed by atoms with E-state index >= 15 is 0 Å². The molecule has 0 radical (unpaired) electrons. The number of hydrogen-bond acceptors (Lipinski definition) is 5. The second kappa shape index (κ2) is 6.29. The van der Waals surface area contributed by atoms with E-state index in [1.165, 1.54) is 0 Å². The van der Waals surface area contributed by atoms with Gasteiger partial charge in [0.15, 0.2) is 5.82 Å². The van der Waals surface area contributed by atoms with Crippen LogP contribution in [0, 0.1) is 5.92 Å². The van der Waals surface area contributed by atoms with E-state index in [-0.39, 0.29) is 18.4 Å². The normalized spacial score (nSPS) is 12.9. The van der Waals surface area contributed by atoms with Gasteiger partial charge in [0.25, 0.3) is 0 Å². The molecule has 1 unspecified atom stereocenters. The first-order valence-electron chi connectivity index (χ1n) is 5.57. The second-order valence-electron chi connectivity index (χ2n) is 4.34. The predicted molar refractivity (Wildman–Crippen MR) is 59.2 cm³/mol. The third-order valence-electron chi connectivity index (χ3n) is 2.16. The molecular formula is C10H18N4O3. The van der Waals surface area contributed by atoms with Gasteiger partial charge < -0.3 is 9.84 Å². The first kappa shape index (κ1) is 13.6. The topological polar surface area (TPSA) is 90.1 Å². The van der Waals surface area contributed by atoms with Gasteiger partial charge in [0.05, 0.1) is 6.10 Å². The Balaban J connectivity index is 2.53. The zero-order valence-corrected chi connectivity index (χ0v) is 10.3. The van der Waals surface area contributed by atoms with Crippen LogP contribution in [0.25, 0.3) is 0 Å². The van der Waals surface area contributed by atoms with Crippen molar-refractivity contribution in [3.05, 3.63) is 5.82 Å². The van der Waals surface area contributed by atoms with Crippen LogP contribution < -0.4 is 0 Å². The van der Waals surface area contributed by atoms with Gasteiger partial charge in [-0.2, -0.15) is 0 Å². The molecular weight excluding hydrogens is 224 g/mol. The molecule has 17 heavy (non-hydrogen) atoms. The number of aromatic nitrogens is 4. The van der Waals surface area contributed by atoms with Gasteiger partial charge in [0, 0.05) is 13.0 Å². The molecule has 1 heterocycles. The lowest BCUT2D eigenvalue weighted by Crippen LogP contribution is -2.16. The van der Waals surface area contributed by atoms with Crippen LogP contribution in [0.1, 0.15) is 33.0 Å². The highest BCUT2D eigenvalue weighted by Gasteiger charge is 2.13. The molecule has 0 bridgehead atoms. The molecule has 1 atom stereocenters. The molecule has 1 aromatic rings. The summed E-state index contributed by atoms with van der Waals surface area (Å²) in [6, 6.07) is 0. The molecule has 7 nitrogen and oxygen atoms in total. The van der Waals surface area contributed by atoms with Gasteiger partial charge in [-0.1, -0.05) is 6.92 Å². The van der Waals surface area contributed by atoms with Gasteiger partial charge in [0.1, 0.15) is 6.61 Å². The van der Waals surface area contributed by atoms with Crippen molar-refractivity contribution < 1.29 is 14.6 Å². The summed E-state index contributed by atoms with van der Waals surface area (Å²) in [6.07, 6.45) is 0.209. The van der Waals surface area contributed by atoms with Gasteiger partial charge in [-0.05, 0) is 30.2 Å². The fourth-order valence-corrected chi connectivity index (χ4v) is 1.37. The largest absolute Gasteiger partial charge is 0.481 e. The number of tetrazole rings is 1. The van der Waals surface area contributed by atoms with Crippen LogP contribution in [0.3, 0.4) is 0 Å². The van der Waals surface area contributed by atoms with E-state index in [4.69, 9.17) is 9.84 Å². The Hall–Kier alpha value is -1.50. The number of carbonyl (C=O) groups is 1. The monoisotopic (exact) mass is 242 g/mol. The van der Waals surface area contributed by atoms with Crippen LogP contribution in [-0.4, -0.2) is 37.4 Å². The van der Waals surface area contributed by atoms with Crippen molar-refractivity contribution in [3.63, 3.8) is 0 Å². The Labute approximate surface area is 99.8 Å². The summed E-state index contributed by atoms with van der Waals surface area (Å²) in [5.74, 6) is -0.213. The Morgan fingerprint density at radius 2 is 2.18 bits per heavy atom. The van der Waals surface area contributed by atoms with Gasteiger partial charge in [-0.25, -0.2) is 4.68 Å². The lowest BCUT2D eigenvalue weighted by Gasteiger charge is -2.11. The zero-order chi connectivity index (χ0) is 12.8. The molecule has 1 rings (SSSR count). The molecule has 0 saturated carbocycles. The minimum absolute atomic E-state index is 0.0196. The first-order valence-corrected chi connectivity index (χ1v) is 5.57. The smallest absolute Gasteiger partial charge is 0.303 e. The summed E-state index contributed by atoms with van der Waals surface area (Å²) in [7, 11) is 0. The average Bonchev–Trinajstić information content (AvgIpc) is 2.60. The molecule has 0 aliphatic heterocycles. The minimum Gasteiger partial charge on any atom is -0.481 e. The first-order chi connectivity index (χ1) is 7.99. The summed E-state index contributed by atoms with van der Waals surface area (Å²) in [5, 5.41) is 19.9. The van der Waals surface area contributed by atoms with E-state index in [9.17, 15) is 4.79 Å². The lowest BCUT2D eigenvalue weighted by atomic mass is 10.1. The summed E-state index contributed by atoms with van der Waals surface area (Å²) < 4.78 is 7.00. The van der Waals surface area contributed by atoms with Gasteiger partial charge in [-0.15, -0.1) is 5.10 Å². The molecule has 0 amide bonds. The van der Waals surface area contributed by atoms with Crippen LogP contribution >= 0.6 is 0 Å². The van der Waals surface area contributed by atoms with Crippen molar-refractivity contribution in [2.45, 2.75) is 46.4 Å². The number of hydrogen-bond donors (Lipinski definition) is 1. The third-order valence-corrected chi connectivity index (χ3v) is 2.16. The highest BCUT2D eigenvalue weighted by atomic mass is 16.5. The highest BCUT2D eigenvalue weighted by molar-refractivity contribution is 5.66. The van der Waals surface area contributed by atoms with Crippen LogP contribution in [-0.2, 0) is 22.7 Å². The quantitative estimate of drug-likeness (QED) is 0.757. The van der Waals surface area contributed by atoms with Crippen LogP contribution in [0.4, 0.5) is 0 Å². The van der Waals surface area contributed by atoms with Crippen LogP contribution in [0.2, 0.25) is 0 Å². The fourth-order valence-electron chi connectivity index (χ4n) is 1.37. The molecule has 0 fully saturated rings. The van der Waals surface area contributed by atoms with E-state index in [2.05, 4.69) is 15.5 Å². The maximum Gasteiger partial charge on any atom is 0.303 e. The van der Waals surface area contributed by atoms with Crippen molar-refractivity contribution in [1.82, 2.24) is 20.2 Å².